The van der Waals surface area contributed by atoms with Crippen LogP contribution in [0.3, 0.4) is 0 Å². The summed E-state index contributed by atoms with van der Waals surface area (Å²) in [5.74, 6) is -1.24. The topological polar surface area (TPSA) is 45.2 Å². The van der Waals surface area contributed by atoms with Crippen molar-refractivity contribution in [2.45, 2.75) is 6.10 Å². The van der Waals surface area contributed by atoms with Gasteiger partial charge >= 0.3 is 0 Å². The minimum absolute atomic E-state index is 0. The van der Waals surface area contributed by atoms with Crippen LogP contribution in [0, 0.1) is 11.6 Å². The van der Waals surface area contributed by atoms with Crippen molar-refractivity contribution >= 4 is 46.4 Å². The van der Waals surface area contributed by atoms with Gasteiger partial charge in [-0.2, -0.15) is 0 Å². The zero-order valence-corrected chi connectivity index (χ0v) is 19.6. The number of β-amino-alcohol motifs (C(OH)–C–C–N with tert-alkyl or cyclic N) is 1. The van der Waals surface area contributed by atoms with Gasteiger partial charge in [0.25, 0.3) is 0 Å². The number of benzene rings is 2. The second kappa shape index (κ2) is 12.5. The Morgan fingerprint density at radius 1 is 1.03 bits per heavy atom. The molecule has 1 atom stereocenters. The van der Waals surface area contributed by atoms with Gasteiger partial charge in [0.2, 0.25) is 0 Å². The van der Waals surface area contributed by atoms with Crippen LogP contribution in [0.2, 0.25) is 0 Å². The van der Waals surface area contributed by atoms with Crippen LogP contribution in [0.5, 0.6) is 11.5 Å². The summed E-state index contributed by atoms with van der Waals surface area (Å²) >= 11 is 3.02. The van der Waals surface area contributed by atoms with E-state index in [1.54, 1.807) is 7.11 Å². The first-order chi connectivity index (χ1) is 13.5. The van der Waals surface area contributed by atoms with Gasteiger partial charge in [-0.05, 0) is 36.4 Å². The summed E-state index contributed by atoms with van der Waals surface area (Å²) < 4.78 is 38.2. The summed E-state index contributed by atoms with van der Waals surface area (Å²) in [6, 6.07) is 10.2. The summed E-state index contributed by atoms with van der Waals surface area (Å²) in [4.78, 5) is 4.38. The maximum Gasteiger partial charge on any atom is 0.190 e. The van der Waals surface area contributed by atoms with E-state index in [2.05, 4.69) is 25.7 Å². The quantitative estimate of drug-likeness (QED) is 0.584. The fourth-order valence-corrected chi connectivity index (χ4v) is 3.58. The molecule has 5 nitrogen and oxygen atoms in total. The van der Waals surface area contributed by atoms with Gasteiger partial charge in [-0.1, -0.05) is 15.9 Å². The van der Waals surface area contributed by atoms with Crippen LogP contribution in [0.25, 0.3) is 0 Å². The van der Waals surface area contributed by atoms with Crippen LogP contribution in [0.1, 0.15) is 0 Å². The molecule has 2 aromatic rings. The van der Waals surface area contributed by atoms with Gasteiger partial charge in [0.05, 0.1) is 7.11 Å². The van der Waals surface area contributed by atoms with E-state index in [9.17, 15) is 13.9 Å². The monoisotopic (exact) mass is 528 g/mol. The maximum absolute atomic E-state index is 13.8. The lowest BCUT2D eigenvalue weighted by molar-refractivity contribution is 0.0634. The van der Waals surface area contributed by atoms with Gasteiger partial charge in [0, 0.05) is 42.9 Å². The Morgan fingerprint density at radius 3 is 2.13 bits per heavy atom. The van der Waals surface area contributed by atoms with Crippen molar-refractivity contribution in [3.63, 3.8) is 0 Å². The molecule has 30 heavy (non-hydrogen) atoms. The molecule has 1 unspecified atom stereocenters. The predicted octanol–water partition coefficient (Wildman–Crippen LogP) is 4.14. The number of piperazine rings is 1. The molecule has 0 aromatic heterocycles. The van der Waals surface area contributed by atoms with Gasteiger partial charge in [-0.3, -0.25) is 4.90 Å². The van der Waals surface area contributed by atoms with E-state index in [0.29, 0.717) is 11.0 Å². The number of halogens is 5. The molecule has 1 N–H and O–H groups in total. The van der Waals surface area contributed by atoms with Crippen molar-refractivity contribution in [1.82, 2.24) is 4.90 Å². The number of nitrogens with zero attached hydrogens (tertiary/aromatic N) is 2. The van der Waals surface area contributed by atoms with E-state index in [4.69, 9.17) is 9.47 Å². The Hall–Kier alpha value is -1.32. The molecule has 0 bridgehead atoms. The molecular formula is C20H25BrCl2F2N2O3. The predicted molar refractivity (Wildman–Crippen MR) is 122 cm³/mol. The summed E-state index contributed by atoms with van der Waals surface area (Å²) in [6.07, 6.45) is -0.838. The van der Waals surface area contributed by atoms with E-state index in [1.807, 2.05) is 24.3 Å². The molecule has 0 saturated carbocycles. The molecule has 168 valence electrons. The zero-order valence-electron chi connectivity index (χ0n) is 16.4. The Balaban J connectivity index is 0.00000225. The van der Waals surface area contributed by atoms with Crippen molar-refractivity contribution < 1.29 is 23.4 Å². The number of anilines is 1. The molecule has 1 aliphatic rings. The van der Waals surface area contributed by atoms with Crippen LogP contribution >= 0.6 is 40.7 Å². The second-order valence-electron chi connectivity index (χ2n) is 6.65. The van der Waals surface area contributed by atoms with Crippen LogP contribution < -0.4 is 14.4 Å². The molecule has 1 heterocycles. The number of aliphatic hydroxyl groups is 1. The number of methoxy groups -OCH3 is 1. The third-order valence-electron chi connectivity index (χ3n) is 4.66. The molecule has 1 saturated heterocycles. The first kappa shape index (κ1) is 26.7. The van der Waals surface area contributed by atoms with Crippen molar-refractivity contribution in [2.75, 3.05) is 51.3 Å². The zero-order chi connectivity index (χ0) is 20.1. The number of hydrogen-bond donors (Lipinski definition) is 1. The number of ether oxygens (including phenoxy) is 2. The van der Waals surface area contributed by atoms with Crippen molar-refractivity contribution in [1.29, 1.82) is 0 Å². The molecule has 1 aliphatic heterocycles. The molecule has 10 heteroatoms. The summed E-state index contributed by atoms with van der Waals surface area (Å²) in [5, 5.41) is 10.2. The second-order valence-corrected chi connectivity index (χ2v) is 7.56. The Morgan fingerprint density at radius 2 is 1.60 bits per heavy atom. The highest BCUT2D eigenvalue weighted by Gasteiger charge is 2.21. The van der Waals surface area contributed by atoms with Crippen molar-refractivity contribution in [3.05, 3.63) is 52.5 Å². The molecule has 2 aromatic carbocycles. The number of rotatable bonds is 7. The van der Waals surface area contributed by atoms with E-state index < -0.39 is 23.5 Å². The summed E-state index contributed by atoms with van der Waals surface area (Å²) in [7, 11) is 1.64. The van der Waals surface area contributed by atoms with Crippen molar-refractivity contribution in [3.8, 4) is 11.5 Å². The number of aliphatic hydroxyl groups excluding tert-OH is 1. The first-order valence-corrected chi connectivity index (χ1v) is 9.82. The van der Waals surface area contributed by atoms with E-state index in [1.165, 1.54) is 0 Å². The van der Waals surface area contributed by atoms with E-state index in [0.717, 1.165) is 49.7 Å². The van der Waals surface area contributed by atoms with Gasteiger partial charge in [-0.25, -0.2) is 8.78 Å². The summed E-state index contributed by atoms with van der Waals surface area (Å²) in [5.41, 5.74) is 1.13. The number of hydrogen-bond acceptors (Lipinski definition) is 5. The van der Waals surface area contributed by atoms with Crippen molar-refractivity contribution in [2.24, 2.45) is 0 Å². The minimum atomic E-state index is -0.838. The standard InChI is InChI=1S/C20H23BrF2N2O3.2ClH/c1-27-17-4-2-15(3-5-17)25-8-6-24(7-9-25)12-16(26)13-28-20-18(22)10-14(21)11-19(20)23;;/h2-5,10-11,16,26H,6-9,12-13H2,1H3;2*1H. The lowest BCUT2D eigenvalue weighted by atomic mass is 10.2. The third kappa shape index (κ3) is 7.13. The molecule has 0 spiro atoms. The van der Waals surface area contributed by atoms with E-state index in [-0.39, 0.29) is 31.4 Å². The SMILES string of the molecule is COc1ccc(N2CCN(CC(O)COc3c(F)cc(Br)cc3F)CC2)cc1.Cl.Cl. The smallest absolute Gasteiger partial charge is 0.190 e. The normalized spacial score (nSPS) is 15.0. The lowest BCUT2D eigenvalue weighted by Gasteiger charge is -2.36. The Labute approximate surface area is 195 Å². The molecule has 0 radical (unpaired) electrons. The molecule has 3 rings (SSSR count). The van der Waals surface area contributed by atoms with Gasteiger partial charge in [-0.15, -0.1) is 24.8 Å². The fraction of sp³-hybridized carbons (Fsp3) is 0.400. The Bertz CT molecular complexity index is 771. The molecule has 0 aliphatic carbocycles. The highest BCUT2D eigenvalue weighted by atomic mass is 79.9. The first-order valence-electron chi connectivity index (χ1n) is 9.03. The van der Waals surface area contributed by atoms with Crippen LogP contribution in [0.15, 0.2) is 40.9 Å². The van der Waals surface area contributed by atoms with Gasteiger partial charge < -0.3 is 19.5 Å². The molecular weight excluding hydrogens is 505 g/mol. The molecule has 1 fully saturated rings. The minimum Gasteiger partial charge on any atom is -0.497 e. The van der Waals surface area contributed by atoms with Crippen LogP contribution in [0.4, 0.5) is 14.5 Å². The average molecular weight is 530 g/mol. The average Bonchev–Trinajstić information content (AvgIpc) is 2.68. The highest BCUT2D eigenvalue weighted by Crippen LogP contribution is 2.26. The molecule has 0 amide bonds. The largest absolute Gasteiger partial charge is 0.497 e. The Kier molecular flexibility index (Phi) is 11.1. The fourth-order valence-electron chi connectivity index (χ4n) is 3.18. The van der Waals surface area contributed by atoms with Crippen LogP contribution in [-0.4, -0.2) is 62.6 Å². The van der Waals surface area contributed by atoms with E-state index >= 15 is 0 Å². The summed E-state index contributed by atoms with van der Waals surface area (Å²) in [6.45, 7) is 3.43. The third-order valence-corrected chi connectivity index (χ3v) is 5.12. The highest BCUT2D eigenvalue weighted by molar-refractivity contribution is 9.10. The van der Waals surface area contributed by atoms with Crippen LogP contribution in [-0.2, 0) is 0 Å². The van der Waals surface area contributed by atoms with Gasteiger partial charge in [0.1, 0.15) is 18.5 Å². The maximum atomic E-state index is 13.8. The van der Waals surface area contributed by atoms with Gasteiger partial charge in [0.15, 0.2) is 17.4 Å². The lowest BCUT2D eigenvalue weighted by Crippen LogP contribution is -2.49.